The Kier molecular flexibility index (Phi) is 5.56. The Bertz CT molecular complexity index is 1400. The Balaban J connectivity index is 1.56. The van der Waals surface area contributed by atoms with E-state index in [-0.39, 0.29) is 17.2 Å². The smallest absolute Gasteiger partial charge is 0.282 e. The van der Waals surface area contributed by atoms with Crippen molar-refractivity contribution in [3.8, 4) is 5.69 Å². The summed E-state index contributed by atoms with van der Waals surface area (Å²) >= 11 is 0. The van der Waals surface area contributed by atoms with Gasteiger partial charge in [0.1, 0.15) is 5.82 Å². The van der Waals surface area contributed by atoms with E-state index < -0.39 is 4.92 Å². The van der Waals surface area contributed by atoms with Gasteiger partial charge in [0.05, 0.1) is 27.7 Å². The van der Waals surface area contributed by atoms with Crippen LogP contribution in [0.3, 0.4) is 0 Å². The second kappa shape index (κ2) is 8.82. The van der Waals surface area contributed by atoms with E-state index in [2.05, 4.69) is 5.10 Å². The van der Waals surface area contributed by atoms with Crippen LogP contribution in [0.1, 0.15) is 49.5 Å². The van der Waals surface area contributed by atoms with E-state index in [1.807, 2.05) is 41.1 Å². The van der Waals surface area contributed by atoms with Crippen LogP contribution in [0.5, 0.6) is 0 Å². The molecule has 0 saturated heterocycles. The number of rotatable bonds is 5. The number of aromatic nitrogens is 3. The van der Waals surface area contributed by atoms with E-state index >= 15 is 0 Å². The number of hydrogen-bond acceptors (Lipinski definition) is 5. The summed E-state index contributed by atoms with van der Waals surface area (Å²) < 4.78 is 3.32. The van der Waals surface area contributed by atoms with Crippen molar-refractivity contribution in [2.24, 2.45) is 5.10 Å². The van der Waals surface area contributed by atoms with E-state index in [4.69, 9.17) is 4.98 Å². The highest BCUT2D eigenvalue weighted by Crippen LogP contribution is 2.31. The minimum absolute atomic E-state index is 0.0343. The number of non-ortho nitro benzene ring substituents is 1. The monoisotopic (exact) mass is 441 g/mol. The molecule has 1 aliphatic carbocycles. The van der Waals surface area contributed by atoms with Gasteiger partial charge in [-0.15, -0.1) is 0 Å². The average molecular weight is 441 g/mol. The molecule has 2 aromatic carbocycles. The van der Waals surface area contributed by atoms with E-state index in [0.717, 1.165) is 37.1 Å². The summed E-state index contributed by atoms with van der Waals surface area (Å²) in [7, 11) is 0. The summed E-state index contributed by atoms with van der Waals surface area (Å²) in [5, 5.41) is 16.1. The van der Waals surface area contributed by atoms with Gasteiger partial charge in [0.15, 0.2) is 0 Å². The molecule has 0 N–H and O–H groups in total. The summed E-state index contributed by atoms with van der Waals surface area (Å²) in [6, 6.07) is 17.4. The SMILES string of the molecule is O=c1c2ccccc2nc(C2CCCCC2)n1N=Cc1cccn1-c1ccc([N+](=O)[O-])cc1. The molecule has 0 atom stereocenters. The predicted octanol–water partition coefficient (Wildman–Crippen LogP) is 5.03. The zero-order valence-corrected chi connectivity index (χ0v) is 18.0. The molecular weight excluding hydrogens is 418 g/mol. The highest BCUT2D eigenvalue weighted by atomic mass is 16.6. The van der Waals surface area contributed by atoms with Gasteiger partial charge in [0, 0.05) is 29.9 Å². The maximum absolute atomic E-state index is 13.3. The minimum Gasteiger partial charge on any atom is -0.316 e. The molecule has 8 nitrogen and oxygen atoms in total. The number of nitro groups is 1. The van der Waals surface area contributed by atoms with Gasteiger partial charge in [0.2, 0.25) is 0 Å². The van der Waals surface area contributed by atoms with Crippen LogP contribution in [-0.2, 0) is 0 Å². The second-order valence-corrected chi connectivity index (χ2v) is 8.26. The number of para-hydroxylation sites is 1. The summed E-state index contributed by atoms with van der Waals surface area (Å²) in [6.07, 6.45) is 8.96. The summed E-state index contributed by atoms with van der Waals surface area (Å²) in [4.78, 5) is 28.7. The third-order valence-electron chi connectivity index (χ3n) is 6.17. The molecule has 0 bridgehead atoms. The Morgan fingerprint density at radius 2 is 1.76 bits per heavy atom. The molecule has 2 heterocycles. The molecule has 166 valence electrons. The number of hydrogen-bond donors (Lipinski definition) is 0. The largest absolute Gasteiger partial charge is 0.316 e. The number of benzene rings is 2. The minimum atomic E-state index is -0.423. The Morgan fingerprint density at radius 3 is 2.52 bits per heavy atom. The maximum atomic E-state index is 13.3. The number of nitro benzene ring substituents is 1. The lowest BCUT2D eigenvalue weighted by Crippen LogP contribution is -2.25. The first-order valence-corrected chi connectivity index (χ1v) is 11.1. The van der Waals surface area contributed by atoms with Gasteiger partial charge >= 0.3 is 0 Å². The fraction of sp³-hybridized carbons (Fsp3) is 0.240. The van der Waals surface area contributed by atoms with Gasteiger partial charge in [-0.05, 0) is 49.2 Å². The Hall–Kier alpha value is -4.07. The van der Waals surface area contributed by atoms with Crippen molar-refractivity contribution in [2.45, 2.75) is 38.0 Å². The van der Waals surface area contributed by atoms with Gasteiger partial charge in [0.25, 0.3) is 11.2 Å². The second-order valence-electron chi connectivity index (χ2n) is 8.26. The van der Waals surface area contributed by atoms with Crippen molar-refractivity contribution in [3.63, 3.8) is 0 Å². The van der Waals surface area contributed by atoms with Crippen LogP contribution in [0, 0.1) is 10.1 Å². The molecule has 1 aliphatic rings. The van der Waals surface area contributed by atoms with Gasteiger partial charge in [-0.2, -0.15) is 9.78 Å². The molecule has 2 aromatic heterocycles. The lowest BCUT2D eigenvalue weighted by atomic mass is 9.88. The van der Waals surface area contributed by atoms with Crippen molar-refractivity contribution in [2.75, 3.05) is 0 Å². The standard InChI is InChI=1S/C25H23N5O3/c31-25-22-10-4-5-11-23(22)27-24(18-7-2-1-3-8-18)29(25)26-17-21-9-6-16-28(21)19-12-14-20(15-13-19)30(32)33/h4-6,9-18H,1-3,7-8H2. The number of nitrogens with zero attached hydrogens (tertiary/aromatic N) is 5. The van der Waals surface area contributed by atoms with Crippen molar-refractivity contribution >= 4 is 22.8 Å². The quantitative estimate of drug-likeness (QED) is 0.247. The van der Waals surface area contributed by atoms with Crippen molar-refractivity contribution in [1.29, 1.82) is 0 Å². The molecule has 0 radical (unpaired) electrons. The molecule has 0 aliphatic heterocycles. The van der Waals surface area contributed by atoms with E-state index in [0.29, 0.717) is 16.7 Å². The fourth-order valence-corrected chi connectivity index (χ4v) is 4.46. The maximum Gasteiger partial charge on any atom is 0.282 e. The lowest BCUT2D eigenvalue weighted by molar-refractivity contribution is -0.384. The molecular formula is C25H23N5O3. The molecule has 0 unspecified atom stereocenters. The predicted molar refractivity (Wildman–Crippen MR) is 127 cm³/mol. The zero-order valence-electron chi connectivity index (χ0n) is 18.0. The van der Waals surface area contributed by atoms with Crippen LogP contribution in [0.4, 0.5) is 5.69 Å². The molecule has 33 heavy (non-hydrogen) atoms. The highest BCUT2D eigenvalue weighted by molar-refractivity contribution is 5.80. The summed E-state index contributed by atoms with van der Waals surface area (Å²) in [6.45, 7) is 0. The third kappa shape index (κ3) is 4.07. The van der Waals surface area contributed by atoms with Crippen LogP contribution >= 0.6 is 0 Å². The first-order chi connectivity index (χ1) is 16.1. The molecule has 4 aromatic rings. The third-order valence-corrected chi connectivity index (χ3v) is 6.17. The highest BCUT2D eigenvalue weighted by Gasteiger charge is 2.22. The van der Waals surface area contributed by atoms with E-state index in [1.165, 1.54) is 23.2 Å². The first-order valence-electron chi connectivity index (χ1n) is 11.1. The Morgan fingerprint density at radius 1 is 1.00 bits per heavy atom. The van der Waals surface area contributed by atoms with E-state index in [1.54, 1.807) is 24.4 Å². The normalized spacial score (nSPS) is 14.8. The molecule has 8 heteroatoms. The average Bonchev–Trinajstić information content (AvgIpc) is 3.32. The molecule has 0 amide bonds. The molecule has 0 spiro atoms. The van der Waals surface area contributed by atoms with Crippen molar-refractivity contribution in [3.05, 3.63) is 98.8 Å². The van der Waals surface area contributed by atoms with E-state index in [9.17, 15) is 14.9 Å². The lowest BCUT2D eigenvalue weighted by Gasteiger charge is -2.22. The Labute approximate surface area is 190 Å². The van der Waals surface area contributed by atoms with Crippen molar-refractivity contribution in [1.82, 2.24) is 14.2 Å². The fourth-order valence-electron chi connectivity index (χ4n) is 4.46. The molecule has 1 fully saturated rings. The zero-order chi connectivity index (χ0) is 22.8. The topological polar surface area (TPSA) is 95.3 Å². The molecule has 5 rings (SSSR count). The van der Waals surface area contributed by atoms with Gasteiger partial charge in [-0.1, -0.05) is 31.4 Å². The van der Waals surface area contributed by atoms with Gasteiger partial charge in [-0.3, -0.25) is 14.9 Å². The first kappa shape index (κ1) is 20.8. The molecule has 1 saturated carbocycles. The van der Waals surface area contributed by atoms with Gasteiger partial charge < -0.3 is 4.57 Å². The van der Waals surface area contributed by atoms with Crippen LogP contribution < -0.4 is 5.56 Å². The van der Waals surface area contributed by atoms with Crippen LogP contribution in [0.15, 0.2) is 76.8 Å². The van der Waals surface area contributed by atoms with Crippen LogP contribution in [0.2, 0.25) is 0 Å². The number of fused-ring (bicyclic) bond motifs is 1. The van der Waals surface area contributed by atoms with Crippen LogP contribution in [-0.4, -0.2) is 25.4 Å². The summed E-state index contributed by atoms with van der Waals surface area (Å²) in [5.74, 6) is 0.915. The van der Waals surface area contributed by atoms with Crippen molar-refractivity contribution < 1.29 is 4.92 Å². The van der Waals surface area contributed by atoms with Crippen LogP contribution in [0.25, 0.3) is 16.6 Å². The van der Waals surface area contributed by atoms with Gasteiger partial charge in [-0.25, -0.2) is 4.98 Å². The summed E-state index contributed by atoms with van der Waals surface area (Å²) in [5.41, 5.74) is 2.07.